The van der Waals surface area contributed by atoms with Gasteiger partial charge in [0, 0.05) is 22.1 Å². The van der Waals surface area contributed by atoms with Gasteiger partial charge < -0.3 is 5.11 Å². The zero-order valence-electron chi connectivity index (χ0n) is 12.1. The standard InChI is InChI=1S/C17H19BrClNO/c1-12(13-7-4-6-10-16(13)19)20(2)11-17(21)14-8-3-5-9-15(14)18/h3-10,12,17,21H,11H2,1-2H3. The first-order valence-electron chi connectivity index (χ1n) is 6.88. The second kappa shape index (κ2) is 7.41. The molecular weight excluding hydrogens is 350 g/mol. The van der Waals surface area contributed by atoms with Crippen molar-refractivity contribution in [3.63, 3.8) is 0 Å². The molecule has 2 atom stereocenters. The zero-order valence-corrected chi connectivity index (χ0v) is 14.5. The zero-order chi connectivity index (χ0) is 15.4. The van der Waals surface area contributed by atoms with Crippen LogP contribution in [0.1, 0.15) is 30.2 Å². The highest BCUT2D eigenvalue weighted by molar-refractivity contribution is 9.10. The van der Waals surface area contributed by atoms with Crippen LogP contribution >= 0.6 is 27.5 Å². The molecule has 2 aromatic carbocycles. The Labute approximate surface area is 139 Å². The van der Waals surface area contributed by atoms with Crippen LogP contribution in [0, 0.1) is 0 Å². The summed E-state index contributed by atoms with van der Waals surface area (Å²) in [5.74, 6) is 0. The summed E-state index contributed by atoms with van der Waals surface area (Å²) in [6, 6.07) is 15.7. The van der Waals surface area contributed by atoms with Crippen molar-refractivity contribution in [1.29, 1.82) is 0 Å². The van der Waals surface area contributed by atoms with E-state index in [2.05, 4.69) is 27.8 Å². The third-order valence-corrected chi connectivity index (χ3v) is 4.81. The Kier molecular flexibility index (Phi) is 5.82. The molecule has 0 saturated heterocycles. The van der Waals surface area contributed by atoms with Gasteiger partial charge >= 0.3 is 0 Å². The SMILES string of the molecule is CC(c1ccccc1Cl)N(C)CC(O)c1ccccc1Br. The molecular formula is C17H19BrClNO. The van der Waals surface area contributed by atoms with Gasteiger partial charge in [-0.25, -0.2) is 0 Å². The quantitative estimate of drug-likeness (QED) is 0.817. The molecule has 2 rings (SSSR count). The number of halogens is 2. The Morgan fingerprint density at radius 2 is 1.67 bits per heavy atom. The van der Waals surface area contributed by atoms with Crippen molar-refractivity contribution in [2.24, 2.45) is 0 Å². The molecule has 0 heterocycles. The number of benzene rings is 2. The molecule has 0 radical (unpaired) electrons. The predicted molar refractivity (Wildman–Crippen MR) is 91.6 cm³/mol. The van der Waals surface area contributed by atoms with E-state index >= 15 is 0 Å². The van der Waals surface area contributed by atoms with Crippen LogP contribution in [-0.4, -0.2) is 23.6 Å². The summed E-state index contributed by atoms with van der Waals surface area (Å²) in [5, 5.41) is 11.2. The smallest absolute Gasteiger partial charge is 0.0927 e. The van der Waals surface area contributed by atoms with Gasteiger partial charge in [-0.3, -0.25) is 4.90 Å². The van der Waals surface area contributed by atoms with Gasteiger partial charge in [0.25, 0.3) is 0 Å². The van der Waals surface area contributed by atoms with Gasteiger partial charge in [-0.2, -0.15) is 0 Å². The molecule has 21 heavy (non-hydrogen) atoms. The van der Waals surface area contributed by atoms with E-state index < -0.39 is 6.10 Å². The van der Waals surface area contributed by atoms with Crippen molar-refractivity contribution in [2.45, 2.75) is 19.1 Å². The summed E-state index contributed by atoms with van der Waals surface area (Å²) in [4.78, 5) is 2.10. The Morgan fingerprint density at radius 1 is 1.10 bits per heavy atom. The molecule has 4 heteroatoms. The molecule has 0 aliphatic carbocycles. The van der Waals surface area contributed by atoms with Crippen LogP contribution in [0.5, 0.6) is 0 Å². The molecule has 0 aliphatic rings. The summed E-state index contributed by atoms with van der Waals surface area (Å²) in [6.07, 6.45) is -0.546. The van der Waals surface area contributed by atoms with Crippen LogP contribution < -0.4 is 0 Å². The largest absolute Gasteiger partial charge is 0.387 e. The minimum atomic E-state index is -0.546. The molecule has 0 bridgehead atoms. The lowest BCUT2D eigenvalue weighted by molar-refractivity contribution is 0.108. The number of aliphatic hydroxyl groups is 1. The van der Waals surface area contributed by atoms with E-state index in [-0.39, 0.29) is 6.04 Å². The maximum atomic E-state index is 10.4. The van der Waals surface area contributed by atoms with E-state index in [1.54, 1.807) is 0 Å². The molecule has 2 nitrogen and oxygen atoms in total. The number of aliphatic hydroxyl groups excluding tert-OH is 1. The first-order chi connectivity index (χ1) is 10.0. The normalized spacial score (nSPS) is 14.2. The number of nitrogens with zero attached hydrogens (tertiary/aromatic N) is 1. The van der Waals surface area contributed by atoms with E-state index in [0.717, 1.165) is 20.6 Å². The highest BCUT2D eigenvalue weighted by atomic mass is 79.9. The molecule has 0 saturated carbocycles. The first-order valence-corrected chi connectivity index (χ1v) is 8.05. The van der Waals surface area contributed by atoms with Gasteiger partial charge in [-0.05, 0) is 37.2 Å². The monoisotopic (exact) mass is 367 g/mol. The highest BCUT2D eigenvalue weighted by Crippen LogP contribution is 2.29. The van der Waals surface area contributed by atoms with Gasteiger partial charge in [-0.1, -0.05) is 63.9 Å². The van der Waals surface area contributed by atoms with Crippen LogP contribution in [0.4, 0.5) is 0 Å². The third-order valence-electron chi connectivity index (χ3n) is 3.74. The van der Waals surface area contributed by atoms with Crippen LogP contribution in [0.15, 0.2) is 53.0 Å². The highest BCUT2D eigenvalue weighted by Gasteiger charge is 2.19. The molecule has 2 aromatic rings. The van der Waals surface area contributed by atoms with Gasteiger partial charge in [0.2, 0.25) is 0 Å². The summed E-state index contributed by atoms with van der Waals surface area (Å²) in [6.45, 7) is 2.63. The molecule has 0 amide bonds. The minimum Gasteiger partial charge on any atom is -0.387 e. The number of hydrogen-bond acceptors (Lipinski definition) is 2. The Balaban J connectivity index is 2.09. The predicted octanol–water partition coefficient (Wildman–Crippen LogP) is 4.83. The summed E-state index contributed by atoms with van der Waals surface area (Å²) in [5.41, 5.74) is 1.97. The van der Waals surface area contributed by atoms with Crippen molar-refractivity contribution in [3.8, 4) is 0 Å². The molecule has 2 unspecified atom stereocenters. The lowest BCUT2D eigenvalue weighted by atomic mass is 10.1. The van der Waals surface area contributed by atoms with E-state index in [1.165, 1.54) is 0 Å². The van der Waals surface area contributed by atoms with Crippen molar-refractivity contribution in [1.82, 2.24) is 4.90 Å². The van der Waals surface area contributed by atoms with E-state index in [0.29, 0.717) is 6.54 Å². The Hall–Kier alpha value is -0.870. The average Bonchev–Trinajstić information content (AvgIpc) is 2.47. The number of likely N-dealkylation sites (N-methyl/N-ethyl adjacent to an activating group) is 1. The van der Waals surface area contributed by atoms with Gasteiger partial charge in [0.15, 0.2) is 0 Å². The fraction of sp³-hybridized carbons (Fsp3) is 0.294. The first kappa shape index (κ1) is 16.5. The van der Waals surface area contributed by atoms with E-state index in [9.17, 15) is 5.11 Å². The van der Waals surface area contributed by atoms with Crippen LogP contribution in [0.3, 0.4) is 0 Å². The maximum absolute atomic E-state index is 10.4. The number of hydrogen-bond donors (Lipinski definition) is 1. The lowest BCUT2D eigenvalue weighted by Crippen LogP contribution is -2.28. The summed E-state index contributed by atoms with van der Waals surface area (Å²) >= 11 is 9.73. The van der Waals surface area contributed by atoms with Crippen molar-refractivity contribution >= 4 is 27.5 Å². The molecule has 112 valence electrons. The van der Waals surface area contributed by atoms with Gasteiger partial charge in [-0.15, -0.1) is 0 Å². The van der Waals surface area contributed by atoms with Gasteiger partial charge in [0.1, 0.15) is 0 Å². The second-order valence-corrected chi connectivity index (χ2v) is 6.44. The number of rotatable bonds is 5. The Bertz CT molecular complexity index is 605. The summed E-state index contributed by atoms with van der Waals surface area (Å²) in [7, 11) is 1.99. The van der Waals surface area contributed by atoms with Crippen molar-refractivity contribution < 1.29 is 5.11 Å². The third kappa shape index (κ3) is 4.07. The fourth-order valence-corrected chi connectivity index (χ4v) is 3.17. The van der Waals surface area contributed by atoms with E-state index in [4.69, 9.17) is 11.6 Å². The average molecular weight is 369 g/mol. The molecule has 0 aromatic heterocycles. The molecule has 0 spiro atoms. The second-order valence-electron chi connectivity index (χ2n) is 5.17. The Morgan fingerprint density at radius 3 is 2.29 bits per heavy atom. The minimum absolute atomic E-state index is 0.135. The fourth-order valence-electron chi connectivity index (χ4n) is 2.33. The lowest BCUT2D eigenvalue weighted by Gasteiger charge is -2.28. The van der Waals surface area contributed by atoms with Gasteiger partial charge in [0.05, 0.1) is 6.10 Å². The van der Waals surface area contributed by atoms with E-state index in [1.807, 2.05) is 55.6 Å². The van der Waals surface area contributed by atoms with Crippen LogP contribution in [-0.2, 0) is 0 Å². The van der Waals surface area contributed by atoms with Crippen LogP contribution in [0.25, 0.3) is 0 Å². The topological polar surface area (TPSA) is 23.5 Å². The van der Waals surface area contributed by atoms with Crippen molar-refractivity contribution in [2.75, 3.05) is 13.6 Å². The molecule has 1 N–H and O–H groups in total. The van der Waals surface area contributed by atoms with Crippen molar-refractivity contribution in [3.05, 3.63) is 69.2 Å². The molecule has 0 fully saturated rings. The maximum Gasteiger partial charge on any atom is 0.0927 e. The summed E-state index contributed by atoms with van der Waals surface area (Å²) < 4.78 is 0.927. The van der Waals surface area contributed by atoms with Crippen LogP contribution in [0.2, 0.25) is 5.02 Å². The molecule has 0 aliphatic heterocycles.